The van der Waals surface area contributed by atoms with Crippen LogP contribution in [0, 0.1) is 0 Å². The number of halogens is 1. The van der Waals surface area contributed by atoms with Crippen molar-refractivity contribution in [2.45, 2.75) is 32.6 Å². The second kappa shape index (κ2) is 6.27. The fourth-order valence-corrected chi connectivity index (χ4v) is 2.92. The zero-order valence-corrected chi connectivity index (χ0v) is 12.8. The van der Waals surface area contributed by atoms with Crippen LogP contribution in [-0.4, -0.2) is 14.5 Å². The first kappa shape index (κ1) is 14.1. The molecule has 0 saturated heterocycles. The molecule has 3 aromatic rings. The van der Waals surface area contributed by atoms with E-state index in [1.54, 1.807) is 12.5 Å². The van der Waals surface area contributed by atoms with Gasteiger partial charge in [0.15, 0.2) is 0 Å². The smallest absolute Gasteiger partial charge is 0.147 e. The highest BCUT2D eigenvalue weighted by atomic mass is 35.5. The number of rotatable bonds is 5. The van der Waals surface area contributed by atoms with Crippen LogP contribution >= 0.6 is 11.6 Å². The van der Waals surface area contributed by atoms with E-state index in [1.165, 1.54) is 18.2 Å². The van der Waals surface area contributed by atoms with Crippen LogP contribution in [0.1, 0.15) is 31.7 Å². The monoisotopic (exact) mass is 299 g/mol. The molecule has 0 N–H and O–H groups in total. The lowest BCUT2D eigenvalue weighted by Gasteiger charge is -2.13. The third-order valence-corrected chi connectivity index (χ3v) is 4.04. The number of aromatic nitrogens is 3. The normalized spacial score (nSPS) is 11.1. The Morgan fingerprint density at radius 2 is 1.95 bits per heavy atom. The molecule has 108 valence electrons. The molecule has 0 saturated carbocycles. The predicted molar refractivity (Wildman–Crippen MR) is 87.1 cm³/mol. The Bertz CT molecular complexity index is 735. The quantitative estimate of drug-likeness (QED) is 0.500. The maximum Gasteiger partial charge on any atom is 0.147 e. The average molecular weight is 300 g/mol. The van der Waals surface area contributed by atoms with E-state index >= 15 is 0 Å². The highest BCUT2D eigenvalue weighted by Crippen LogP contribution is 2.30. The van der Waals surface area contributed by atoms with Crippen LogP contribution in [0.2, 0.25) is 5.15 Å². The number of fused-ring (bicyclic) bond motifs is 1. The van der Waals surface area contributed by atoms with E-state index in [0.717, 1.165) is 29.6 Å². The maximum atomic E-state index is 6.46. The fraction of sp³-hybridized carbons (Fsp3) is 0.294. The van der Waals surface area contributed by atoms with Crippen LogP contribution in [0.25, 0.3) is 16.6 Å². The lowest BCUT2D eigenvalue weighted by Crippen LogP contribution is -2.00. The van der Waals surface area contributed by atoms with E-state index in [0.29, 0.717) is 5.15 Å². The first-order chi connectivity index (χ1) is 10.3. The molecule has 0 atom stereocenters. The van der Waals surface area contributed by atoms with Crippen LogP contribution in [-0.2, 0) is 6.42 Å². The molecular weight excluding hydrogens is 282 g/mol. The van der Waals surface area contributed by atoms with Crippen molar-refractivity contribution < 1.29 is 0 Å². The minimum absolute atomic E-state index is 0.605. The van der Waals surface area contributed by atoms with Gasteiger partial charge in [-0.3, -0.25) is 4.57 Å². The van der Waals surface area contributed by atoms with Gasteiger partial charge in [-0.05, 0) is 23.8 Å². The molecule has 21 heavy (non-hydrogen) atoms. The summed E-state index contributed by atoms with van der Waals surface area (Å²) in [5.41, 5.74) is 1.16. The van der Waals surface area contributed by atoms with E-state index in [1.807, 2.05) is 16.8 Å². The Balaban J connectivity index is 2.14. The van der Waals surface area contributed by atoms with Crippen LogP contribution in [0.15, 0.2) is 43.0 Å². The van der Waals surface area contributed by atoms with Gasteiger partial charge in [-0.2, -0.15) is 0 Å². The molecule has 2 aromatic heterocycles. The first-order valence-electron chi connectivity index (χ1n) is 7.36. The summed E-state index contributed by atoms with van der Waals surface area (Å²) >= 11 is 6.46. The van der Waals surface area contributed by atoms with Crippen molar-refractivity contribution >= 4 is 22.4 Å². The molecule has 4 heteroatoms. The molecule has 0 aliphatic heterocycles. The summed E-state index contributed by atoms with van der Waals surface area (Å²) < 4.78 is 1.91. The number of benzene rings is 1. The average Bonchev–Trinajstić information content (AvgIpc) is 3.03. The fourth-order valence-electron chi connectivity index (χ4n) is 2.64. The molecule has 0 aliphatic rings. The summed E-state index contributed by atoms with van der Waals surface area (Å²) in [4.78, 5) is 8.71. The summed E-state index contributed by atoms with van der Waals surface area (Å²) in [7, 11) is 0. The number of imidazole rings is 1. The van der Waals surface area contributed by atoms with Gasteiger partial charge in [-0.25, -0.2) is 9.97 Å². The van der Waals surface area contributed by atoms with Gasteiger partial charge in [0.05, 0.1) is 0 Å². The summed E-state index contributed by atoms with van der Waals surface area (Å²) in [6.07, 6.45) is 9.93. The lowest BCUT2D eigenvalue weighted by atomic mass is 10.0. The summed E-state index contributed by atoms with van der Waals surface area (Å²) in [6.45, 7) is 2.21. The highest BCUT2D eigenvalue weighted by Gasteiger charge is 2.13. The molecule has 0 bridgehead atoms. The number of hydrogen-bond acceptors (Lipinski definition) is 2. The van der Waals surface area contributed by atoms with Gasteiger partial charge in [-0.1, -0.05) is 55.6 Å². The zero-order valence-electron chi connectivity index (χ0n) is 12.1. The van der Waals surface area contributed by atoms with Gasteiger partial charge in [0.25, 0.3) is 0 Å². The number of hydrogen-bond donors (Lipinski definition) is 0. The van der Waals surface area contributed by atoms with Crippen molar-refractivity contribution in [1.29, 1.82) is 0 Å². The third-order valence-electron chi connectivity index (χ3n) is 3.73. The molecule has 1 aromatic carbocycles. The van der Waals surface area contributed by atoms with E-state index in [-0.39, 0.29) is 0 Å². The largest absolute Gasteiger partial charge is 0.290 e. The summed E-state index contributed by atoms with van der Waals surface area (Å²) in [6, 6.07) is 8.32. The molecule has 0 amide bonds. The Labute approximate surface area is 129 Å². The molecule has 0 aliphatic carbocycles. The van der Waals surface area contributed by atoms with Gasteiger partial charge in [0, 0.05) is 17.8 Å². The number of unbranched alkanes of at least 4 members (excludes halogenated alkanes) is 2. The van der Waals surface area contributed by atoms with E-state index in [9.17, 15) is 0 Å². The van der Waals surface area contributed by atoms with Crippen molar-refractivity contribution in [3.05, 3.63) is 53.7 Å². The van der Waals surface area contributed by atoms with Crippen LogP contribution in [0.4, 0.5) is 0 Å². The van der Waals surface area contributed by atoms with Crippen molar-refractivity contribution in [1.82, 2.24) is 14.5 Å². The highest BCUT2D eigenvalue weighted by molar-refractivity contribution is 6.31. The second-order valence-electron chi connectivity index (χ2n) is 5.18. The molecule has 0 unspecified atom stereocenters. The van der Waals surface area contributed by atoms with E-state index < -0.39 is 0 Å². The first-order valence-corrected chi connectivity index (χ1v) is 7.74. The summed E-state index contributed by atoms with van der Waals surface area (Å²) in [5, 5.41) is 2.91. The molecule has 0 fully saturated rings. The van der Waals surface area contributed by atoms with E-state index in [2.05, 4.69) is 35.1 Å². The van der Waals surface area contributed by atoms with Gasteiger partial charge < -0.3 is 0 Å². The lowest BCUT2D eigenvalue weighted by molar-refractivity contribution is 0.718. The Morgan fingerprint density at radius 3 is 2.67 bits per heavy atom. The molecule has 3 nitrogen and oxygen atoms in total. The number of pyridine rings is 1. The SMILES string of the molecule is CCCCCc1c(Cl)nc(-n2ccnc2)c2ccccc12. The van der Waals surface area contributed by atoms with Gasteiger partial charge >= 0.3 is 0 Å². The van der Waals surface area contributed by atoms with Crippen LogP contribution in [0.3, 0.4) is 0 Å². The van der Waals surface area contributed by atoms with Gasteiger partial charge in [-0.15, -0.1) is 0 Å². The standard InChI is InChI=1S/C17H18ClN3/c1-2-3-4-8-14-13-7-5-6-9-15(13)17(20-16(14)18)21-11-10-19-12-21/h5-7,9-12H,2-4,8H2,1H3. The van der Waals surface area contributed by atoms with Crippen molar-refractivity contribution in [3.63, 3.8) is 0 Å². The Kier molecular flexibility index (Phi) is 4.20. The van der Waals surface area contributed by atoms with Gasteiger partial charge in [0.1, 0.15) is 17.3 Å². The zero-order chi connectivity index (χ0) is 14.7. The van der Waals surface area contributed by atoms with Gasteiger partial charge in [0.2, 0.25) is 0 Å². The van der Waals surface area contributed by atoms with Crippen LogP contribution in [0.5, 0.6) is 0 Å². The van der Waals surface area contributed by atoms with Crippen molar-refractivity contribution in [3.8, 4) is 5.82 Å². The Hall–Kier alpha value is -1.87. The molecule has 2 heterocycles. The minimum Gasteiger partial charge on any atom is -0.290 e. The minimum atomic E-state index is 0.605. The second-order valence-corrected chi connectivity index (χ2v) is 5.54. The molecule has 0 spiro atoms. The molecular formula is C17H18ClN3. The van der Waals surface area contributed by atoms with Crippen LogP contribution < -0.4 is 0 Å². The maximum absolute atomic E-state index is 6.46. The van der Waals surface area contributed by atoms with Crippen molar-refractivity contribution in [2.24, 2.45) is 0 Å². The molecule has 0 radical (unpaired) electrons. The Morgan fingerprint density at radius 1 is 1.14 bits per heavy atom. The number of aryl methyl sites for hydroxylation is 1. The topological polar surface area (TPSA) is 30.7 Å². The van der Waals surface area contributed by atoms with E-state index in [4.69, 9.17) is 11.6 Å². The number of nitrogens with zero attached hydrogens (tertiary/aromatic N) is 3. The molecule has 3 rings (SSSR count). The van der Waals surface area contributed by atoms with Crippen molar-refractivity contribution in [2.75, 3.05) is 0 Å². The predicted octanol–water partition coefficient (Wildman–Crippen LogP) is 4.81. The summed E-state index contributed by atoms with van der Waals surface area (Å²) in [5.74, 6) is 0.840. The third kappa shape index (κ3) is 2.79.